The number of rotatable bonds is 7. The van der Waals surface area contributed by atoms with E-state index in [1.807, 2.05) is 7.05 Å². The highest BCUT2D eigenvalue weighted by atomic mass is 16.6. The Morgan fingerprint density at radius 2 is 1.94 bits per heavy atom. The van der Waals surface area contributed by atoms with E-state index in [-0.39, 0.29) is 5.91 Å². The zero-order valence-corrected chi connectivity index (χ0v) is 18.8. The summed E-state index contributed by atoms with van der Waals surface area (Å²) in [7, 11) is 3.53. The second-order valence-electron chi connectivity index (χ2n) is 8.55. The van der Waals surface area contributed by atoms with Crippen LogP contribution in [0.15, 0.2) is 30.6 Å². The van der Waals surface area contributed by atoms with Gasteiger partial charge < -0.3 is 35.6 Å². The van der Waals surface area contributed by atoms with E-state index >= 15 is 0 Å². The molecule has 0 bridgehead atoms. The number of nitrogens with one attached hydrogen (secondary N) is 2. The predicted molar refractivity (Wildman–Crippen MR) is 123 cm³/mol. The van der Waals surface area contributed by atoms with Crippen molar-refractivity contribution in [3.63, 3.8) is 0 Å². The normalized spacial score (nSPS) is 24.4. The minimum atomic E-state index is -1.26. The average Bonchev–Trinajstić information content (AvgIpc) is 3.56. The highest BCUT2D eigenvalue weighted by Gasteiger charge is 2.44. The molecular weight excluding hydrogens is 442 g/mol. The van der Waals surface area contributed by atoms with Crippen LogP contribution in [0, 0.1) is 0 Å². The van der Waals surface area contributed by atoms with Gasteiger partial charge in [0.2, 0.25) is 5.95 Å². The molecule has 12 nitrogen and oxygen atoms in total. The maximum atomic E-state index is 11.8. The Hall–Kier alpha value is -3.32. The lowest BCUT2D eigenvalue weighted by molar-refractivity contribution is -0.0511. The van der Waals surface area contributed by atoms with Crippen molar-refractivity contribution in [2.45, 2.75) is 43.4 Å². The summed E-state index contributed by atoms with van der Waals surface area (Å²) in [5.74, 6) is 0.749. The Bertz CT molecular complexity index is 1200. The van der Waals surface area contributed by atoms with Crippen LogP contribution >= 0.6 is 0 Å². The number of aliphatic hydroxyl groups excluding tert-OH is 3. The largest absolute Gasteiger partial charge is 0.394 e. The maximum Gasteiger partial charge on any atom is 0.251 e. The molecule has 2 aliphatic rings. The number of aliphatic hydroxyl groups is 3. The van der Waals surface area contributed by atoms with E-state index in [0.29, 0.717) is 40.2 Å². The van der Waals surface area contributed by atoms with E-state index < -0.39 is 31.1 Å². The summed E-state index contributed by atoms with van der Waals surface area (Å²) >= 11 is 0. The number of carbonyl (C=O) groups is 1. The van der Waals surface area contributed by atoms with Gasteiger partial charge in [-0.15, -0.1) is 0 Å². The van der Waals surface area contributed by atoms with Gasteiger partial charge in [-0.2, -0.15) is 9.97 Å². The number of aromatic nitrogens is 4. The molecule has 34 heavy (non-hydrogen) atoms. The van der Waals surface area contributed by atoms with Crippen molar-refractivity contribution in [1.82, 2.24) is 24.8 Å². The lowest BCUT2D eigenvalue weighted by Crippen LogP contribution is -2.33. The Morgan fingerprint density at radius 1 is 1.21 bits per heavy atom. The molecule has 0 spiro atoms. The van der Waals surface area contributed by atoms with Crippen LogP contribution in [0.4, 0.5) is 17.5 Å². The first-order chi connectivity index (χ1) is 16.4. The summed E-state index contributed by atoms with van der Waals surface area (Å²) in [6.45, 7) is -0.426. The first kappa shape index (κ1) is 22.5. The number of benzene rings is 1. The van der Waals surface area contributed by atoms with Crippen molar-refractivity contribution in [3.8, 4) is 0 Å². The Balaban J connectivity index is 1.53. The monoisotopic (exact) mass is 469 g/mol. The van der Waals surface area contributed by atoms with E-state index in [1.165, 1.54) is 6.33 Å². The molecule has 1 saturated carbocycles. The summed E-state index contributed by atoms with van der Waals surface area (Å²) in [6.07, 6.45) is -0.772. The highest BCUT2D eigenvalue weighted by Crippen LogP contribution is 2.36. The van der Waals surface area contributed by atoms with E-state index in [1.54, 1.807) is 35.9 Å². The van der Waals surface area contributed by atoms with Crippen LogP contribution in [-0.4, -0.2) is 85.8 Å². The summed E-state index contributed by atoms with van der Waals surface area (Å²) in [5.41, 5.74) is 2.16. The molecule has 180 valence electrons. The summed E-state index contributed by atoms with van der Waals surface area (Å²) in [6, 6.07) is 7.26. The topological polar surface area (TPSA) is 158 Å². The highest BCUT2D eigenvalue weighted by molar-refractivity contribution is 5.94. The van der Waals surface area contributed by atoms with E-state index in [9.17, 15) is 20.1 Å². The summed E-state index contributed by atoms with van der Waals surface area (Å²) in [4.78, 5) is 27.7. The van der Waals surface area contributed by atoms with Crippen LogP contribution in [0.1, 0.15) is 29.4 Å². The van der Waals surface area contributed by atoms with Crippen LogP contribution in [0.25, 0.3) is 11.2 Å². The average molecular weight is 470 g/mol. The maximum absolute atomic E-state index is 11.8. The van der Waals surface area contributed by atoms with Crippen LogP contribution in [-0.2, 0) is 4.74 Å². The lowest BCUT2D eigenvalue weighted by atomic mass is 10.1. The van der Waals surface area contributed by atoms with E-state index in [2.05, 4.69) is 25.5 Å². The first-order valence-corrected chi connectivity index (χ1v) is 11.1. The fourth-order valence-corrected chi connectivity index (χ4v) is 4.11. The smallest absolute Gasteiger partial charge is 0.251 e. The van der Waals surface area contributed by atoms with Gasteiger partial charge in [-0.25, -0.2) is 4.98 Å². The second-order valence-corrected chi connectivity index (χ2v) is 8.55. The van der Waals surface area contributed by atoms with Gasteiger partial charge in [0.05, 0.1) is 12.9 Å². The van der Waals surface area contributed by atoms with Crippen molar-refractivity contribution in [1.29, 1.82) is 0 Å². The third kappa shape index (κ3) is 3.94. The number of hydrogen-bond acceptors (Lipinski definition) is 10. The van der Waals surface area contributed by atoms with Crippen molar-refractivity contribution < 1.29 is 24.9 Å². The fraction of sp³-hybridized carbons (Fsp3) is 0.455. The molecule has 1 aliphatic carbocycles. The SMILES string of the molecule is CNC(=O)c1ccc(Nc2nc(N(C)C3CC3)c3ncn([C@@H]4O[C@H](CO)[C@@H](O)[C@H]4O)c3n2)cc1. The van der Waals surface area contributed by atoms with Gasteiger partial charge >= 0.3 is 0 Å². The standard InChI is InChI=1S/C22H27N7O5/c1-23-20(33)11-3-5-12(6-4-11)25-22-26-18(28(2)13-7-8-13)15-19(27-22)29(10-24-15)21-17(32)16(31)14(9-30)34-21/h3-6,10,13-14,16-17,21,30-32H,7-9H2,1-2H3,(H,23,33)(H,25,26,27)/t14-,16-,17-,21-/m1/s1. The van der Waals surface area contributed by atoms with Crippen LogP contribution in [0.5, 0.6) is 0 Å². The van der Waals surface area contributed by atoms with Crippen LogP contribution in [0.3, 0.4) is 0 Å². The molecule has 3 aromatic rings. The van der Waals surface area contributed by atoms with Gasteiger partial charge in [-0.3, -0.25) is 9.36 Å². The molecule has 12 heteroatoms. The minimum absolute atomic E-state index is 0.181. The van der Waals surface area contributed by atoms with E-state index in [0.717, 1.165) is 12.8 Å². The molecule has 2 aromatic heterocycles. The molecule has 0 unspecified atom stereocenters. The zero-order chi connectivity index (χ0) is 24.0. The van der Waals surface area contributed by atoms with Gasteiger partial charge in [0, 0.05) is 31.4 Å². The number of amides is 1. The van der Waals surface area contributed by atoms with Crippen LogP contribution < -0.4 is 15.5 Å². The number of ether oxygens (including phenoxy) is 1. The molecule has 5 rings (SSSR count). The predicted octanol–water partition coefficient (Wildman–Crippen LogP) is 0.140. The number of carbonyl (C=O) groups excluding carboxylic acids is 1. The van der Waals surface area contributed by atoms with Crippen molar-refractivity contribution in [2.75, 3.05) is 30.9 Å². The zero-order valence-electron chi connectivity index (χ0n) is 18.8. The fourth-order valence-electron chi connectivity index (χ4n) is 4.11. The molecule has 1 amide bonds. The van der Waals surface area contributed by atoms with Gasteiger partial charge in [0.1, 0.15) is 18.3 Å². The molecule has 5 N–H and O–H groups in total. The third-order valence-electron chi connectivity index (χ3n) is 6.25. The van der Waals surface area contributed by atoms with Crippen molar-refractivity contribution in [2.24, 2.45) is 0 Å². The number of hydrogen-bond donors (Lipinski definition) is 5. The molecule has 1 aliphatic heterocycles. The summed E-state index contributed by atoms with van der Waals surface area (Å²) in [5, 5.41) is 35.9. The second kappa shape index (κ2) is 8.80. The van der Waals surface area contributed by atoms with Gasteiger partial charge in [-0.05, 0) is 37.1 Å². The lowest BCUT2D eigenvalue weighted by Gasteiger charge is -2.20. The molecular formula is C22H27N7O5. The number of nitrogens with zero attached hydrogens (tertiary/aromatic N) is 5. The molecule has 1 saturated heterocycles. The van der Waals surface area contributed by atoms with Crippen LogP contribution in [0.2, 0.25) is 0 Å². The van der Waals surface area contributed by atoms with Gasteiger partial charge in [0.25, 0.3) is 5.91 Å². The number of fused-ring (bicyclic) bond motifs is 1. The minimum Gasteiger partial charge on any atom is -0.394 e. The van der Waals surface area contributed by atoms with Gasteiger partial charge in [0.15, 0.2) is 23.2 Å². The first-order valence-electron chi connectivity index (χ1n) is 11.1. The van der Waals surface area contributed by atoms with Crippen molar-refractivity contribution in [3.05, 3.63) is 36.2 Å². The Morgan fingerprint density at radius 3 is 2.56 bits per heavy atom. The number of anilines is 3. The third-order valence-corrected chi connectivity index (χ3v) is 6.25. The Labute approximate surface area is 195 Å². The molecule has 0 radical (unpaired) electrons. The van der Waals surface area contributed by atoms with Crippen molar-refractivity contribution >= 4 is 34.5 Å². The molecule has 3 heterocycles. The van der Waals surface area contributed by atoms with Gasteiger partial charge in [-0.1, -0.05) is 0 Å². The quantitative estimate of drug-likeness (QED) is 0.322. The number of imidazole rings is 1. The molecule has 2 fully saturated rings. The van der Waals surface area contributed by atoms with E-state index in [4.69, 9.17) is 9.72 Å². The summed E-state index contributed by atoms with van der Waals surface area (Å²) < 4.78 is 7.24. The Kier molecular flexibility index (Phi) is 5.81. The molecule has 4 atom stereocenters. The molecule has 1 aromatic carbocycles.